The fourth-order valence-electron chi connectivity index (χ4n) is 4.81. The van der Waals surface area contributed by atoms with Gasteiger partial charge in [-0.1, -0.05) is 55.2 Å². The molecule has 1 heterocycles. The van der Waals surface area contributed by atoms with Gasteiger partial charge in [-0.15, -0.1) is 0 Å². The number of aliphatic hydroxyl groups excluding tert-OH is 1. The summed E-state index contributed by atoms with van der Waals surface area (Å²) in [6.07, 6.45) is 14.8. The first-order chi connectivity index (χ1) is 12.3. The topological polar surface area (TPSA) is 23.5 Å². The fraction of sp³-hybridized carbons (Fsp3) is 0.652. The van der Waals surface area contributed by atoms with Gasteiger partial charge in [0.15, 0.2) is 0 Å². The van der Waals surface area contributed by atoms with Crippen molar-refractivity contribution in [2.24, 2.45) is 5.92 Å². The molecule has 3 fully saturated rings. The lowest BCUT2D eigenvalue weighted by Crippen LogP contribution is -2.43. The number of likely N-dealkylation sites (tertiary alicyclic amines) is 1. The van der Waals surface area contributed by atoms with Gasteiger partial charge in [-0.25, -0.2) is 0 Å². The van der Waals surface area contributed by atoms with Gasteiger partial charge in [0.05, 0.1) is 6.10 Å². The van der Waals surface area contributed by atoms with E-state index in [1.165, 1.54) is 82.0 Å². The minimum Gasteiger partial charge on any atom is -0.392 e. The molecule has 2 saturated carbocycles. The molecule has 136 valence electrons. The van der Waals surface area contributed by atoms with Crippen molar-refractivity contribution >= 4 is 6.08 Å². The fourth-order valence-corrected chi connectivity index (χ4v) is 4.81. The average Bonchev–Trinajstić information content (AvgIpc) is 3.11. The van der Waals surface area contributed by atoms with E-state index in [9.17, 15) is 5.11 Å². The molecule has 2 nitrogen and oxygen atoms in total. The quantitative estimate of drug-likeness (QED) is 0.832. The number of hydrogen-bond donors (Lipinski definition) is 1. The summed E-state index contributed by atoms with van der Waals surface area (Å²) in [7, 11) is 0. The first-order valence-electron chi connectivity index (χ1n) is 10.5. The Morgan fingerprint density at radius 3 is 2.24 bits per heavy atom. The summed E-state index contributed by atoms with van der Waals surface area (Å²) in [4.78, 5) is 2.70. The van der Waals surface area contributed by atoms with Crippen molar-refractivity contribution in [3.05, 3.63) is 41.0 Å². The summed E-state index contributed by atoms with van der Waals surface area (Å²) in [6.45, 7) is 2.50. The Morgan fingerprint density at radius 2 is 1.64 bits per heavy atom. The predicted molar refractivity (Wildman–Crippen MR) is 105 cm³/mol. The van der Waals surface area contributed by atoms with Crippen LogP contribution in [0.5, 0.6) is 0 Å². The van der Waals surface area contributed by atoms with Crippen LogP contribution in [-0.2, 0) is 6.42 Å². The molecule has 0 aromatic heterocycles. The van der Waals surface area contributed by atoms with E-state index in [4.69, 9.17) is 0 Å². The highest BCUT2D eigenvalue weighted by atomic mass is 16.3. The molecule has 2 aliphatic carbocycles. The van der Waals surface area contributed by atoms with Gasteiger partial charge in [0, 0.05) is 19.1 Å². The Balaban J connectivity index is 1.29. The largest absolute Gasteiger partial charge is 0.392 e. The summed E-state index contributed by atoms with van der Waals surface area (Å²) in [5.41, 5.74) is 4.21. The third kappa shape index (κ3) is 4.35. The lowest BCUT2D eigenvalue weighted by Gasteiger charge is -2.40. The first-order valence-corrected chi connectivity index (χ1v) is 10.5. The third-order valence-corrected chi connectivity index (χ3v) is 6.77. The number of rotatable bonds is 5. The Hall–Kier alpha value is -1.12. The van der Waals surface area contributed by atoms with E-state index in [1.54, 1.807) is 5.57 Å². The van der Waals surface area contributed by atoms with Crippen LogP contribution in [0.3, 0.4) is 0 Å². The highest BCUT2D eigenvalue weighted by Gasteiger charge is 2.26. The van der Waals surface area contributed by atoms with Crippen molar-refractivity contribution in [1.82, 2.24) is 4.90 Å². The van der Waals surface area contributed by atoms with Crippen LogP contribution in [-0.4, -0.2) is 35.2 Å². The number of piperidine rings is 1. The maximum atomic E-state index is 10.4. The van der Waals surface area contributed by atoms with E-state index in [0.29, 0.717) is 5.92 Å². The molecule has 4 rings (SSSR count). The maximum Gasteiger partial charge on any atom is 0.0608 e. The minimum absolute atomic E-state index is 0.150. The Labute approximate surface area is 152 Å². The minimum atomic E-state index is -0.150. The highest BCUT2D eigenvalue weighted by Crippen LogP contribution is 2.30. The molecule has 1 aliphatic heterocycles. The second kappa shape index (κ2) is 8.05. The number of aliphatic hydroxyl groups is 1. The van der Waals surface area contributed by atoms with E-state index in [-0.39, 0.29) is 6.10 Å². The number of hydrogen-bond acceptors (Lipinski definition) is 2. The van der Waals surface area contributed by atoms with Crippen LogP contribution >= 0.6 is 0 Å². The molecular formula is C23H33NO. The van der Waals surface area contributed by atoms with Crippen LogP contribution in [0.25, 0.3) is 6.08 Å². The molecule has 3 aliphatic rings. The summed E-state index contributed by atoms with van der Waals surface area (Å²) in [6, 6.07) is 9.80. The Bertz CT molecular complexity index is 571. The van der Waals surface area contributed by atoms with Crippen molar-refractivity contribution in [1.29, 1.82) is 0 Å². The van der Waals surface area contributed by atoms with Crippen LogP contribution in [0.1, 0.15) is 68.9 Å². The average molecular weight is 340 g/mol. The molecule has 2 heteroatoms. The van der Waals surface area contributed by atoms with E-state index in [2.05, 4.69) is 35.2 Å². The van der Waals surface area contributed by atoms with E-state index in [1.807, 2.05) is 0 Å². The van der Waals surface area contributed by atoms with Crippen molar-refractivity contribution in [2.75, 3.05) is 13.1 Å². The van der Waals surface area contributed by atoms with Crippen molar-refractivity contribution < 1.29 is 5.11 Å². The third-order valence-electron chi connectivity index (χ3n) is 6.77. The van der Waals surface area contributed by atoms with Crippen LogP contribution in [0.4, 0.5) is 0 Å². The molecule has 1 N–H and O–H groups in total. The van der Waals surface area contributed by atoms with Gasteiger partial charge in [-0.3, -0.25) is 4.90 Å². The van der Waals surface area contributed by atoms with Gasteiger partial charge >= 0.3 is 0 Å². The second-order valence-corrected chi connectivity index (χ2v) is 8.48. The van der Waals surface area contributed by atoms with Crippen LogP contribution in [0.15, 0.2) is 29.8 Å². The lowest BCUT2D eigenvalue weighted by atomic mass is 9.89. The Kier molecular flexibility index (Phi) is 5.57. The Morgan fingerprint density at radius 1 is 0.960 bits per heavy atom. The highest BCUT2D eigenvalue weighted by molar-refractivity contribution is 5.53. The molecular weight excluding hydrogens is 306 g/mol. The first kappa shape index (κ1) is 17.3. The van der Waals surface area contributed by atoms with Crippen molar-refractivity contribution in [2.45, 2.75) is 76.4 Å². The molecule has 1 unspecified atom stereocenters. The molecule has 1 atom stereocenters. The molecule has 1 aromatic rings. The standard InChI is InChI=1S/C23H33NO/c25-23(21-4-1-2-5-21)17-19-10-8-18(9-11-19)16-20-12-14-24(15-13-20)22-6-3-7-22/h8-11,16,21-23,25H,1-7,12-15,17H2. The zero-order valence-electron chi connectivity index (χ0n) is 15.5. The zero-order valence-corrected chi connectivity index (χ0v) is 15.5. The summed E-state index contributed by atoms with van der Waals surface area (Å²) >= 11 is 0. The summed E-state index contributed by atoms with van der Waals surface area (Å²) in [5, 5.41) is 10.4. The summed E-state index contributed by atoms with van der Waals surface area (Å²) in [5.74, 6) is 0.530. The lowest BCUT2D eigenvalue weighted by molar-refractivity contribution is 0.111. The maximum absolute atomic E-state index is 10.4. The number of benzene rings is 1. The van der Waals surface area contributed by atoms with Gasteiger partial charge in [0.25, 0.3) is 0 Å². The van der Waals surface area contributed by atoms with Crippen molar-refractivity contribution in [3.8, 4) is 0 Å². The molecule has 0 spiro atoms. The van der Waals surface area contributed by atoms with Gasteiger partial charge in [-0.05, 0) is 62.0 Å². The van der Waals surface area contributed by atoms with Crippen LogP contribution < -0.4 is 0 Å². The van der Waals surface area contributed by atoms with E-state index < -0.39 is 0 Å². The zero-order chi connectivity index (χ0) is 17.1. The van der Waals surface area contributed by atoms with Gasteiger partial charge in [0.1, 0.15) is 0 Å². The monoisotopic (exact) mass is 339 g/mol. The second-order valence-electron chi connectivity index (χ2n) is 8.48. The molecule has 0 radical (unpaired) electrons. The molecule has 25 heavy (non-hydrogen) atoms. The molecule has 1 aromatic carbocycles. The SMILES string of the molecule is OC(Cc1ccc(C=C2CCN(C3CCC3)CC2)cc1)C1CCCC1. The van der Waals surface area contributed by atoms with Crippen LogP contribution in [0.2, 0.25) is 0 Å². The molecule has 0 amide bonds. The van der Waals surface area contributed by atoms with E-state index >= 15 is 0 Å². The molecule has 0 bridgehead atoms. The van der Waals surface area contributed by atoms with Gasteiger partial charge in [-0.2, -0.15) is 0 Å². The number of nitrogens with zero attached hydrogens (tertiary/aromatic N) is 1. The van der Waals surface area contributed by atoms with Gasteiger partial charge in [0.2, 0.25) is 0 Å². The summed E-state index contributed by atoms with van der Waals surface area (Å²) < 4.78 is 0. The van der Waals surface area contributed by atoms with Crippen LogP contribution in [0, 0.1) is 5.92 Å². The van der Waals surface area contributed by atoms with Gasteiger partial charge < -0.3 is 5.11 Å². The van der Waals surface area contributed by atoms with Crippen molar-refractivity contribution in [3.63, 3.8) is 0 Å². The predicted octanol–water partition coefficient (Wildman–Crippen LogP) is 4.81. The normalized spacial score (nSPS) is 24.3. The molecule has 1 saturated heterocycles. The van der Waals surface area contributed by atoms with E-state index in [0.717, 1.165) is 12.5 Å². The smallest absolute Gasteiger partial charge is 0.0608 e.